The number of nitrogens with one attached hydrogen (secondary N) is 1. The number of hydrogen-bond acceptors (Lipinski definition) is 4. The molecule has 0 aliphatic carbocycles. The first-order valence-electron chi connectivity index (χ1n) is 11.1. The lowest BCUT2D eigenvalue weighted by Gasteiger charge is -2.44. The van der Waals surface area contributed by atoms with Gasteiger partial charge >= 0.3 is 0 Å². The van der Waals surface area contributed by atoms with E-state index in [9.17, 15) is 8.42 Å². The first-order chi connectivity index (χ1) is 14.6. The lowest BCUT2D eigenvalue weighted by atomic mass is 10.2. The van der Waals surface area contributed by atoms with E-state index >= 15 is 0 Å². The minimum Gasteiger partial charge on any atom is -0.406 e. The van der Waals surface area contributed by atoms with Gasteiger partial charge in [-0.2, -0.15) is 0 Å². The number of benzene rings is 2. The van der Waals surface area contributed by atoms with Gasteiger partial charge in [-0.05, 0) is 42.1 Å². The molecule has 0 saturated carbocycles. The third-order valence-electron chi connectivity index (χ3n) is 6.15. The fourth-order valence-corrected chi connectivity index (χ4v) is 9.76. The smallest absolute Gasteiger partial charge is 0.261 e. The second-order valence-electron chi connectivity index (χ2n) is 9.65. The molecule has 31 heavy (non-hydrogen) atoms. The Labute approximate surface area is 189 Å². The molecule has 0 aromatic heterocycles. The van der Waals surface area contributed by atoms with E-state index in [0.717, 1.165) is 12.8 Å². The van der Waals surface area contributed by atoms with E-state index in [2.05, 4.69) is 74.1 Å². The van der Waals surface area contributed by atoms with Gasteiger partial charge in [0.15, 0.2) is 0 Å². The van der Waals surface area contributed by atoms with Crippen LogP contribution in [0.15, 0.2) is 60.7 Å². The molecule has 7 heteroatoms. The zero-order chi connectivity index (χ0) is 22.7. The van der Waals surface area contributed by atoms with Gasteiger partial charge in [-0.15, -0.1) is 4.83 Å². The molecule has 0 spiro atoms. The quantitative estimate of drug-likeness (QED) is 0.614. The Bertz CT molecular complexity index is 904. The van der Waals surface area contributed by atoms with Crippen molar-refractivity contribution in [3.8, 4) is 0 Å². The Balaban J connectivity index is 1.95. The summed E-state index contributed by atoms with van der Waals surface area (Å²) >= 11 is 0. The molecule has 170 valence electrons. The number of rotatable bonds is 8. The van der Waals surface area contributed by atoms with Crippen molar-refractivity contribution in [1.82, 2.24) is 9.84 Å². The Hall–Kier alpha value is -1.51. The molecule has 5 nitrogen and oxygen atoms in total. The predicted molar refractivity (Wildman–Crippen MR) is 130 cm³/mol. The van der Waals surface area contributed by atoms with E-state index in [0.29, 0.717) is 13.2 Å². The highest BCUT2D eigenvalue weighted by atomic mass is 32.2. The molecule has 3 rings (SSSR count). The van der Waals surface area contributed by atoms with Crippen LogP contribution in [0.2, 0.25) is 5.04 Å². The Morgan fingerprint density at radius 1 is 1.03 bits per heavy atom. The topological polar surface area (TPSA) is 58.6 Å². The summed E-state index contributed by atoms with van der Waals surface area (Å²) < 4.78 is 31.9. The number of hydrogen-bond donors (Lipinski definition) is 1. The monoisotopic (exact) mass is 460 g/mol. The Morgan fingerprint density at radius 2 is 1.55 bits per heavy atom. The van der Waals surface area contributed by atoms with Crippen LogP contribution in [0.1, 0.15) is 47.5 Å². The third kappa shape index (κ3) is 5.12. The maximum Gasteiger partial charge on any atom is 0.261 e. The van der Waals surface area contributed by atoms with Gasteiger partial charge in [0.2, 0.25) is 10.0 Å². The second kappa shape index (κ2) is 9.54. The molecular weight excluding hydrogens is 424 g/mol. The van der Waals surface area contributed by atoms with Crippen LogP contribution in [0, 0.1) is 0 Å². The van der Waals surface area contributed by atoms with Crippen LogP contribution in [0.25, 0.3) is 0 Å². The standard InChI is InChI=1S/C24H36N2O3SSi/c1-20(2)30(27,28)25-26-18-12-13-21(26)19-29-31(24(3,4)5,22-14-8-6-9-15-22)23-16-10-7-11-17-23/h6-11,14-17,20-21,25H,12-13,18-19H2,1-5H3/t21-/m1/s1. The van der Waals surface area contributed by atoms with E-state index in [-0.39, 0.29) is 11.1 Å². The number of sulfonamides is 1. The van der Waals surface area contributed by atoms with Crippen LogP contribution < -0.4 is 15.2 Å². The number of hydrazine groups is 1. The van der Waals surface area contributed by atoms with Crippen molar-refractivity contribution in [2.45, 2.75) is 63.8 Å². The van der Waals surface area contributed by atoms with Gasteiger partial charge < -0.3 is 4.43 Å². The van der Waals surface area contributed by atoms with Gasteiger partial charge in [0.05, 0.1) is 11.9 Å². The van der Waals surface area contributed by atoms with Gasteiger partial charge in [0.25, 0.3) is 8.32 Å². The number of nitrogens with zero attached hydrogens (tertiary/aromatic N) is 1. The SMILES string of the molecule is CC(C)S(=O)(=O)NN1CCC[C@@H]1CO[Si](c1ccccc1)(c1ccccc1)C(C)(C)C. The van der Waals surface area contributed by atoms with Crippen molar-refractivity contribution in [1.29, 1.82) is 0 Å². The van der Waals surface area contributed by atoms with E-state index < -0.39 is 23.6 Å². The molecule has 1 aliphatic heterocycles. The summed E-state index contributed by atoms with van der Waals surface area (Å²) in [6, 6.07) is 21.1. The highest BCUT2D eigenvalue weighted by molar-refractivity contribution is 7.90. The van der Waals surface area contributed by atoms with Gasteiger partial charge in [-0.1, -0.05) is 81.4 Å². The normalized spacial score (nSPS) is 18.6. The summed E-state index contributed by atoms with van der Waals surface area (Å²) in [5, 5.41) is 3.78. The molecule has 1 atom stereocenters. The van der Waals surface area contributed by atoms with Gasteiger partial charge in [0, 0.05) is 12.6 Å². The van der Waals surface area contributed by atoms with Crippen molar-refractivity contribution >= 4 is 28.7 Å². The fourth-order valence-electron chi connectivity index (χ4n) is 4.38. The fraction of sp³-hybridized carbons (Fsp3) is 0.500. The van der Waals surface area contributed by atoms with Crippen LogP contribution >= 0.6 is 0 Å². The van der Waals surface area contributed by atoms with Crippen molar-refractivity contribution < 1.29 is 12.8 Å². The van der Waals surface area contributed by atoms with Crippen molar-refractivity contribution in [2.75, 3.05) is 13.2 Å². The van der Waals surface area contributed by atoms with Crippen LogP contribution in [0.5, 0.6) is 0 Å². The minimum absolute atomic E-state index is 0.0233. The molecule has 0 unspecified atom stereocenters. The van der Waals surface area contributed by atoms with Crippen LogP contribution in [-0.4, -0.2) is 46.2 Å². The van der Waals surface area contributed by atoms with Crippen molar-refractivity contribution in [2.24, 2.45) is 0 Å². The predicted octanol–water partition coefficient (Wildman–Crippen LogP) is 3.27. The molecule has 1 aliphatic rings. The summed E-state index contributed by atoms with van der Waals surface area (Å²) in [5.74, 6) is 0. The average Bonchev–Trinajstić information content (AvgIpc) is 3.15. The maximum absolute atomic E-state index is 12.5. The maximum atomic E-state index is 12.5. The van der Waals surface area contributed by atoms with Crippen LogP contribution in [0.3, 0.4) is 0 Å². The Kier molecular flexibility index (Phi) is 7.43. The molecule has 1 N–H and O–H groups in total. The van der Waals surface area contributed by atoms with E-state index in [1.165, 1.54) is 10.4 Å². The molecule has 1 fully saturated rings. The van der Waals surface area contributed by atoms with Crippen molar-refractivity contribution in [3.05, 3.63) is 60.7 Å². The molecule has 2 aromatic carbocycles. The lowest BCUT2D eigenvalue weighted by Crippen LogP contribution is -2.67. The zero-order valence-corrected chi connectivity index (χ0v) is 21.2. The van der Waals surface area contributed by atoms with Crippen LogP contribution in [0.4, 0.5) is 0 Å². The molecule has 0 bridgehead atoms. The second-order valence-corrected chi connectivity index (χ2v) is 16.2. The highest BCUT2D eigenvalue weighted by Crippen LogP contribution is 2.37. The summed E-state index contributed by atoms with van der Waals surface area (Å²) in [6.45, 7) is 11.4. The molecule has 1 heterocycles. The molecule has 0 amide bonds. The van der Waals surface area contributed by atoms with Gasteiger partial charge in [0.1, 0.15) is 0 Å². The minimum atomic E-state index is -3.37. The third-order valence-corrected chi connectivity index (χ3v) is 12.9. The van der Waals surface area contributed by atoms with Crippen LogP contribution in [-0.2, 0) is 14.4 Å². The molecule has 0 radical (unpaired) electrons. The lowest BCUT2D eigenvalue weighted by molar-refractivity contribution is 0.147. The van der Waals surface area contributed by atoms with E-state index in [1.54, 1.807) is 13.8 Å². The first kappa shape index (κ1) is 24.1. The summed E-state index contributed by atoms with van der Waals surface area (Å²) in [6.07, 6.45) is 1.87. The first-order valence-corrected chi connectivity index (χ1v) is 14.6. The molecule has 2 aromatic rings. The zero-order valence-electron chi connectivity index (χ0n) is 19.3. The summed E-state index contributed by atoms with van der Waals surface area (Å²) in [7, 11) is -6.00. The van der Waals surface area contributed by atoms with Crippen molar-refractivity contribution in [3.63, 3.8) is 0 Å². The van der Waals surface area contributed by atoms with E-state index in [4.69, 9.17) is 4.43 Å². The summed E-state index contributed by atoms with van der Waals surface area (Å²) in [4.78, 5) is 2.80. The summed E-state index contributed by atoms with van der Waals surface area (Å²) in [5.41, 5.74) is 0. The largest absolute Gasteiger partial charge is 0.406 e. The van der Waals surface area contributed by atoms with Gasteiger partial charge in [-0.3, -0.25) is 0 Å². The van der Waals surface area contributed by atoms with Gasteiger partial charge in [-0.25, -0.2) is 13.4 Å². The average molecular weight is 461 g/mol. The molecular formula is C24H36N2O3SSi. The molecule has 1 saturated heterocycles. The highest BCUT2D eigenvalue weighted by Gasteiger charge is 2.50. The van der Waals surface area contributed by atoms with E-state index in [1.807, 2.05) is 17.1 Å². The Morgan fingerprint density at radius 3 is 2.00 bits per heavy atom.